The van der Waals surface area contributed by atoms with Crippen LogP contribution >= 0.6 is 11.3 Å². The van der Waals surface area contributed by atoms with Crippen LogP contribution in [0.15, 0.2) is 6.20 Å². The molecule has 2 atom stereocenters. The summed E-state index contributed by atoms with van der Waals surface area (Å²) in [6, 6.07) is 0.955. The second kappa shape index (κ2) is 5.94. The largest absolute Gasteiger partial charge is 0.328 e. The smallest absolute Gasteiger partial charge is 0.0943 e. The van der Waals surface area contributed by atoms with E-state index < -0.39 is 0 Å². The van der Waals surface area contributed by atoms with Gasteiger partial charge in [-0.05, 0) is 39.3 Å². The van der Waals surface area contributed by atoms with E-state index in [-0.39, 0.29) is 6.04 Å². The Bertz CT molecular complexity index is 348. The van der Waals surface area contributed by atoms with Crippen LogP contribution < -0.4 is 5.73 Å². The van der Waals surface area contributed by atoms with Crippen molar-refractivity contribution in [2.45, 2.75) is 51.6 Å². The summed E-state index contributed by atoms with van der Waals surface area (Å²) in [4.78, 5) is 8.44. The normalized spacial score (nSPS) is 23.1. The van der Waals surface area contributed by atoms with Crippen LogP contribution in [0.1, 0.15) is 36.6 Å². The molecule has 1 aromatic rings. The molecule has 0 amide bonds. The lowest BCUT2D eigenvalue weighted by Crippen LogP contribution is -2.30. The standard InChI is InChI=1S/C13H23N3S/c1-3-16-6-4-5-11(16)8-13-15-9-12(17-13)7-10(2)14/h9-11H,3-8,14H2,1-2H3. The van der Waals surface area contributed by atoms with Crippen molar-refractivity contribution in [3.8, 4) is 0 Å². The molecule has 2 rings (SSSR count). The SMILES string of the molecule is CCN1CCCC1Cc1ncc(CC(C)N)s1. The van der Waals surface area contributed by atoms with Gasteiger partial charge in [-0.3, -0.25) is 0 Å². The molecule has 4 heteroatoms. The van der Waals surface area contributed by atoms with Crippen LogP contribution in [0.3, 0.4) is 0 Å². The van der Waals surface area contributed by atoms with Gasteiger partial charge in [0.2, 0.25) is 0 Å². The maximum absolute atomic E-state index is 5.81. The van der Waals surface area contributed by atoms with Gasteiger partial charge in [0.15, 0.2) is 0 Å². The molecule has 1 aliphatic heterocycles. The van der Waals surface area contributed by atoms with Crippen molar-refractivity contribution >= 4 is 11.3 Å². The molecule has 0 saturated carbocycles. The molecule has 1 aliphatic rings. The van der Waals surface area contributed by atoms with Gasteiger partial charge in [0.25, 0.3) is 0 Å². The number of thiazole rings is 1. The quantitative estimate of drug-likeness (QED) is 0.873. The first kappa shape index (κ1) is 13.0. The fourth-order valence-corrected chi connectivity index (χ4v) is 3.73. The van der Waals surface area contributed by atoms with Crippen molar-refractivity contribution in [3.05, 3.63) is 16.1 Å². The molecule has 0 aliphatic carbocycles. The Morgan fingerprint density at radius 3 is 3.18 bits per heavy atom. The number of likely N-dealkylation sites (N-methyl/N-ethyl adjacent to an activating group) is 1. The Balaban J connectivity index is 1.92. The minimum Gasteiger partial charge on any atom is -0.328 e. The van der Waals surface area contributed by atoms with Gasteiger partial charge in [0.05, 0.1) is 5.01 Å². The van der Waals surface area contributed by atoms with E-state index in [0.717, 1.165) is 12.8 Å². The van der Waals surface area contributed by atoms with Crippen molar-refractivity contribution in [2.24, 2.45) is 5.73 Å². The molecule has 0 radical (unpaired) electrons. The van der Waals surface area contributed by atoms with Crippen LogP contribution in [-0.2, 0) is 12.8 Å². The zero-order chi connectivity index (χ0) is 12.3. The van der Waals surface area contributed by atoms with E-state index in [2.05, 4.69) is 23.7 Å². The molecule has 0 bridgehead atoms. The third-order valence-corrected chi connectivity index (χ3v) is 4.48. The first-order valence-electron chi connectivity index (χ1n) is 6.62. The minimum absolute atomic E-state index is 0.238. The van der Waals surface area contributed by atoms with E-state index in [0.29, 0.717) is 6.04 Å². The minimum atomic E-state index is 0.238. The van der Waals surface area contributed by atoms with Crippen molar-refractivity contribution in [2.75, 3.05) is 13.1 Å². The van der Waals surface area contributed by atoms with Gasteiger partial charge in [-0.1, -0.05) is 6.92 Å². The van der Waals surface area contributed by atoms with Crippen LogP contribution in [0, 0.1) is 0 Å². The van der Waals surface area contributed by atoms with Crippen molar-refractivity contribution in [1.29, 1.82) is 0 Å². The van der Waals surface area contributed by atoms with Crippen LogP contribution in [0.5, 0.6) is 0 Å². The maximum atomic E-state index is 5.81. The van der Waals surface area contributed by atoms with Crippen LogP contribution in [0.4, 0.5) is 0 Å². The van der Waals surface area contributed by atoms with Gasteiger partial charge in [0, 0.05) is 29.6 Å². The van der Waals surface area contributed by atoms with Gasteiger partial charge in [0.1, 0.15) is 0 Å². The van der Waals surface area contributed by atoms with E-state index in [4.69, 9.17) is 5.73 Å². The Labute approximate surface area is 108 Å². The zero-order valence-electron chi connectivity index (χ0n) is 10.9. The molecular formula is C13H23N3S. The number of rotatable bonds is 5. The van der Waals surface area contributed by atoms with E-state index in [1.165, 1.54) is 35.8 Å². The summed E-state index contributed by atoms with van der Waals surface area (Å²) in [5, 5.41) is 1.28. The number of likely N-dealkylation sites (tertiary alicyclic amines) is 1. The van der Waals surface area contributed by atoms with Gasteiger partial charge in [-0.2, -0.15) is 0 Å². The molecule has 1 saturated heterocycles. The predicted molar refractivity (Wildman–Crippen MR) is 73.4 cm³/mol. The highest BCUT2D eigenvalue weighted by molar-refractivity contribution is 7.11. The molecule has 2 N–H and O–H groups in total. The second-order valence-electron chi connectivity index (χ2n) is 5.03. The topological polar surface area (TPSA) is 42.2 Å². The summed E-state index contributed by atoms with van der Waals surface area (Å²) < 4.78 is 0. The molecule has 2 unspecified atom stereocenters. The Kier molecular flexibility index (Phi) is 4.54. The van der Waals surface area contributed by atoms with E-state index in [1.54, 1.807) is 0 Å². The summed E-state index contributed by atoms with van der Waals surface area (Å²) in [6.07, 6.45) is 6.76. The molecule has 96 valence electrons. The van der Waals surface area contributed by atoms with Crippen molar-refractivity contribution in [1.82, 2.24) is 9.88 Å². The molecule has 0 aromatic carbocycles. The van der Waals surface area contributed by atoms with Gasteiger partial charge in [-0.25, -0.2) is 4.98 Å². The molecule has 3 nitrogen and oxygen atoms in total. The second-order valence-corrected chi connectivity index (χ2v) is 6.23. The third-order valence-electron chi connectivity index (χ3n) is 3.44. The average molecular weight is 253 g/mol. The summed E-state index contributed by atoms with van der Waals surface area (Å²) in [5.74, 6) is 0. The first-order valence-corrected chi connectivity index (χ1v) is 7.44. The lowest BCUT2D eigenvalue weighted by atomic mass is 10.1. The average Bonchev–Trinajstić information content (AvgIpc) is 2.87. The third kappa shape index (κ3) is 3.50. The van der Waals surface area contributed by atoms with Crippen LogP contribution in [0.2, 0.25) is 0 Å². The molecule has 17 heavy (non-hydrogen) atoms. The summed E-state index contributed by atoms with van der Waals surface area (Å²) in [7, 11) is 0. The number of hydrogen-bond acceptors (Lipinski definition) is 4. The lowest BCUT2D eigenvalue weighted by molar-refractivity contribution is 0.266. The van der Waals surface area contributed by atoms with Gasteiger partial charge in [-0.15, -0.1) is 11.3 Å². The maximum Gasteiger partial charge on any atom is 0.0943 e. The Hall–Kier alpha value is -0.450. The van der Waals surface area contributed by atoms with E-state index >= 15 is 0 Å². The number of aromatic nitrogens is 1. The fraction of sp³-hybridized carbons (Fsp3) is 0.769. The Morgan fingerprint density at radius 1 is 1.65 bits per heavy atom. The monoisotopic (exact) mass is 253 g/mol. The number of nitrogens with two attached hydrogens (primary N) is 1. The molecule has 1 aromatic heterocycles. The summed E-state index contributed by atoms with van der Waals surface area (Å²) in [5.41, 5.74) is 5.81. The molecule has 0 spiro atoms. The zero-order valence-corrected chi connectivity index (χ0v) is 11.7. The van der Waals surface area contributed by atoms with Crippen LogP contribution in [0.25, 0.3) is 0 Å². The molecular weight excluding hydrogens is 230 g/mol. The molecule has 2 heterocycles. The predicted octanol–water partition coefficient (Wildman–Crippen LogP) is 2.06. The summed E-state index contributed by atoms with van der Waals surface area (Å²) >= 11 is 1.84. The first-order chi connectivity index (χ1) is 8.19. The van der Waals surface area contributed by atoms with Crippen molar-refractivity contribution < 1.29 is 0 Å². The number of nitrogens with zero attached hydrogens (tertiary/aromatic N) is 2. The molecule has 1 fully saturated rings. The lowest BCUT2D eigenvalue weighted by Gasteiger charge is -2.21. The fourth-order valence-electron chi connectivity index (χ4n) is 2.60. The Morgan fingerprint density at radius 2 is 2.47 bits per heavy atom. The number of hydrogen-bond donors (Lipinski definition) is 1. The summed E-state index contributed by atoms with van der Waals surface area (Å²) in [6.45, 7) is 6.73. The van der Waals surface area contributed by atoms with E-state index in [9.17, 15) is 0 Å². The highest BCUT2D eigenvalue weighted by Gasteiger charge is 2.24. The highest BCUT2D eigenvalue weighted by Crippen LogP contribution is 2.23. The van der Waals surface area contributed by atoms with Crippen molar-refractivity contribution in [3.63, 3.8) is 0 Å². The highest BCUT2D eigenvalue weighted by atomic mass is 32.1. The van der Waals surface area contributed by atoms with Gasteiger partial charge >= 0.3 is 0 Å². The van der Waals surface area contributed by atoms with E-state index in [1.807, 2.05) is 17.5 Å². The van der Waals surface area contributed by atoms with Crippen LogP contribution in [-0.4, -0.2) is 35.1 Å². The van der Waals surface area contributed by atoms with Gasteiger partial charge < -0.3 is 10.6 Å².